The summed E-state index contributed by atoms with van der Waals surface area (Å²) in [6, 6.07) is 12.1. The van der Waals surface area contributed by atoms with Gasteiger partial charge in [-0.2, -0.15) is 27.0 Å². The van der Waals surface area contributed by atoms with Crippen LogP contribution in [0.3, 0.4) is 0 Å². The molecule has 0 saturated carbocycles. The number of hydrogen-bond donors (Lipinski definition) is 1. The van der Waals surface area contributed by atoms with Crippen LogP contribution in [0.25, 0.3) is 0 Å². The fourth-order valence-corrected chi connectivity index (χ4v) is 1.87. The van der Waals surface area contributed by atoms with Gasteiger partial charge in [0.1, 0.15) is 17.7 Å². The van der Waals surface area contributed by atoms with Gasteiger partial charge < -0.3 is 9.84 Å². The first-order chi connectivity index (χ1) is 10.1. The maximum absolute atomic E-state index is 12.3. The van der Waals surface area contributed by atoms with E-state index in [9.17, 15) is 8.78 Å². The van der Waals surface area contributed by atoms with Gasteiger partial charge in [0.05, 0.1) is 18.6 Å². The van der Waals surface area contributed by atoms with Crippen molar-refractivity contribution in [1.82, 2.24) is 0 Å². The molecule has 0 aliphatic carbocycles. The molecule has 128 valence electrons. The summed E-state index contributed by atoms with van der Waals surface area (Å²) in [6.45, 7) is 0.783. The smallest absolute Gasteiger partial charge is 0.123 e. The van der Waals surface area contributed by atoms with Crippen molar-refractivity contribution in [3.05, 3.63) is 71.3 Å². The summed E-state index contributed by atoms with van der Waals surface area (Å²) < 4.78 is 29.7. The van der Waals surface area contributed by atoms with E-state index >= 15 is 0 Å². The molecule has 1 fully saturated rings. The van der Waals surface area contributed by atoms with Crippen LogP contribution in [-0.4, -0.2) is 17.6 Å². The van der Waals surface area contributed by atoms with Crippen molar-refractivity contribution < 1.29 is 18.6 Å². The Balaban J connectivity index is 0.000000388. The van der Waals surface area contributed by atoms with E-state index < -0.39 is 6.10 Å². The summed E-state index contributed by atoms with van der Waals surface area (Å²) >= 11 is 5.38. The van der Waals surface area contributed by atoms with Gasteiger partial charge in [0.25, 0.3) is 0 Å². The Bertz CT molecular complexity index is 563. The molecule has 1 saturated heterocycles. The summed E-state index contributed by atoms with van der Waals surface area (Å²) in [6.07, 6.45) is -0.460. The minimum atomic E-state index is -0.697. The molecule has 2 atom stereocenters. The predicted molar refractivity (Wildman–Crippen MR) is 97.9 cm³/mol. The van der Waals surface area contributed by atoms with Crippen LogP contribution in [0.2, 0.25) is 0 Å². The van der Waals surface area contributed by atoms with Crippen molar-refractivity contribution >= 4 is 38.6 Å². The molecule has 7 heteroatoms. The van der Waals surface area contributed by atoms with Gasteiger partial charge in [-0.25, -0.2) is 8.78 Å². The van der Waals surface area contributed by atoms with Crippen LogP contribution in [0.15, 0.2) is 48.5 Å². The lowest BCUT2D eigenvalue weighted by atomic mass is 10.1. The molecule has 0 aromatic heterocycles. The molecule has 1 aliphatic heterocycles. The van der Waals surface area contributed by atoms with Crippen molar-refractivity contribution in [3.63, 3.8) is 0 Å². The highest BCUT2D eigenvalue weighted by Crippen LogP contribution is 2.29. The SMILES string of the molecule is Fc1ccc([C@H]2CO2)cc1.O[C@H](CCl)c1ccc(F)cc1.S.S. The molecule has 0 spiro atoms. The number of epoxide rings is 1. The molecule has 0 unspecified atom stereocenters. The van der Waals surface area contributed by atoms with Crippen LogP contribution >= 0.6 is 38.6 Å². The largest absolute Gasteiger partial charge is 0.387 e. The first-order valence-electron chi connectivity index (χ1n) is 6.46. The number of rotatable bonds is 3. The van der Waals surface area contributed by atoms with Gasteiger partial charge in [0, 0.05) is 0 Å². The van der Waals surface area contributed by atoms with Crippen LogP contribution in [-0.2, 0) is 4.74 Å². The first-order valence-corrected chi connectivity index (χ1v) is 7.00. The van der Waals surface area contributed by atoms with Crippen LogP contribution < -0.4 is 0 Å². The standard InChI is InChI=1S/C8H8ClFO.C8H7FO.2H2S/c9-5-8(11)6-1-3-7(10)4-2-6;9-7-3-1-6(2-4-7)8-5-10-8;;/h1-4,8,11H,5H2;1-4,8H,5H2;2*1H2/t2*8-;;/m11../s1. The summed E-state index contributed by atoms with van der Waals surface area (Å²) in [5.41, 5.74) is 1.71. The fourth-order valence-electron chi connectivity index (χ4n) is 1.69. The number of ether oxygens (including phenoxy) is 1. The van der Waals surface area contributed by atoms with E-state index in [-0.39, 0.29) is 50.6 Å². The van der Waals surface area contributed by atoms with Gasteiger partial charge in [0.2, 0.25) is 0 Å². The number of halogens is 3. The minimum Gasteiger partial charge on any atom is -0.387 e. The van der Waals surface area contributed by atoms with E-state index in [0.29, 0.717) is 5.56 Å². The van der Waals surface area contributed by atoms with Crippen molar-refractivity contribution in [1.29, 1.82) is 0 Å². The van der Waals surface area contributed by atoms with Gasteiger partial charge in [0.15, 0.2) is 0 Å². The molecule has 0 amide bonds. The third-order valence-corrected chi connectivity index (χ3v) is 3.27. The maximum Gasteiger partial charge on any atom is 0.123 e. The maximum atomic E-state index is 12.3. The van der Waals surface area contributed by atoms with E-state index in [0.717, 1.165) is 12.2 Å². The molecule has 1 heterocycles. The van der Waals surface area contributed by atoms with Crippen LogP contribution in [0.1, 0.15) is 23.3 Å². The number of aliphatic hydroxyl groups is 1. The number of alkyl halides is 1. The zero-order chi connectivity index (χ0) is 15.2. The van der Waals surface area contributed by atoms with E-state index in [2.05, 4.69) is 0 Å². The average molecular weight is 381 g/mol. The Morgan fingerprint density at radius 3 is 1.83 bits per heavy atom. The molecule has 2 aromatic rings. The van der Waals surface area contributed by atoms with E-state index in [1.165, 1.54) is 36.4 Å². The number of benzene rings is 2. The highest BCUT2D eigenvalue weighted by molar-refractivity contribution is 7.59. The molecule has 2 aromatic carbocycles. The average Bonchev–Trinajstić information content (AvgIpc) is 3.33. The summed E-state index contributed by atoms with van der Waals surface area (Å²) in [7, 11) is 0. The zero-order valence-corrected chi connectivity index (χ0v) is 14.9. The third-order valence-electron chi connectivity index (χ3n) is 2.98. The highest BCUT2D eigenvalue weighted by Gasteiger charge is 2.24. The van der Waals surface area contributed by atoms with Crippen LogP contribution in [0.4, 0.5) is 8.78 Å². The molecule has 1 aliphatic rings. The number of hydrogen-bond acceptors (Lipinski definition) is 2. The molecule has 2 nitrogen and oxygen atoms in total. The van der Waals surface area contributed by atoms with Gasteiger partial charge >= 0.3 is 0 Å². The van der Waals surface area contributed by atoms with Crippen molar-refractivity contribution in [2.45, 2.75) is 12.2 Å². The summed E-state index contributed by atoms with van der Waals surface area (Å²) in [4.78, 5) is 0. The lowest BCUT2D eigenvalue weighted by molar-refractivity contribution is 0.202. The van der Waals surface area contributed by atoms with E-state index in [1.54, 1.807) is 12.1 Å². The lowest BCUT2D eigenvalue weighted by Gasteiger charge is -2.05. The number of aliphatic hydroxyl groups excluding tert-OH is 1. The van der Waals surface area contributed by atoms with Gasteiger partial charge in [-0.1, -0.05) is 24.3 Å². The Morgan fingerprint density at radius 1 is 1.00 bits per heavy atom. The molecular weight excluding hydrogens is 362 g/mol. The quantitative estimate of drug-likeness (QED) is 0.638. The van der Waals surface area contributed by atoms with Gasteiger partial charge in [-0.15, -0.1) is 11.6 Å². The predicted octanol–water partition coefficient (Wildman–Crippen LogP) is 4.22. The molecule has 0 bridgehead atoms. The lowest BCUT2D eigenvalue weighted by Crippen LogP contribution is -1.97. The van der Waals surface area contributed by atoms with Crippen molar-refractivity contribution in [2.24, 2.45) is 0 Å². The molecule has 1 N–H and O–H groups in total. The van der Waals surface area contributed by atoms with Crippen LogP contribution in [0.5, 0.6) is 0 Å². The monoisotopic (exact) mass is 380 g/mol. The zero-order valence-electron chi connectivity index (χ0n) is 12.2. The van der Waals surface area contributed by atoms with E-state index in [4.69, 9.17) is 21.4 Å². The normalized spacial score (nSPS) is 16.1. The van der Waals surface area contributed by atoms with E-state index in [1.807, 2.05) is 0 Å². The Kier molecular flexibility index (Phi) is 10.5. The first kappa shape index (κ1) is 22.2. The molecule has 3 rings (SSSR count). The second-order valence-electron chi connectivity index (χ2n) is 4.60. The second-order valence-corrected chi connectivity index (χ2v) is 4.90. The second kappa shape index (κ2) is 10.9. The topological polar surface area (TPSA) is 32.8 Å². The third kappa shape index (κ3) is 7.54. The Labute approximate surface area is 153 Å². The molecule has 0 radical (unpaired) electrons. The fraction of sp³-hybridized carbons (Fsp3) is 0.250. The summed E-state index contributed by atoms with van der Waals surface area (Å²) in [5.74, 6) is -0.369. The molecular formula is C16H19ClF2O2S2. The van der Waals surface area contributed by atoms with Crippen molar-refractivity contribution in [3.8, 4) is 0 Å². The molecule has 23 heavy (non-hydrogen) atoms. The minimum absolute atomic E-state index is 0. The van der Waals surface area contributed by atoms with Crippen molar-refractivity contribution in [2.75, 3.05) is 12.5 Å². The summed E-state index contributed by atoms with van der Waals surface area (Å²) in [5, 5.41) is 9.17. The Morgan fingerprint density at radius 2 is 1.43 bits per heavy atom. The van der Waals surface area contributed by atoms with Gasteiger partial charge in [-0.3, -0.25) is 0 Å². The van der Waals surface area contributed by atoms with Crippen LogP contribution in [0, 0.1) is 11.6 Å². The highest BCUT2D eigenvalue weighted by atomic mass is 35.5. The Hall–Kier alpha value is -0.790. The van der Waals surface area contributed by atoms with Gasteiger partial charge in [-0.05, 0) is 35.4 Å².